The zero-order valence-corrected chi connectivity index (χ0v) is 29.2. The fraction of sp³-hybridized carbons (Fsp3) is 0.317. The number of H-pyrrole nitrogens is 1. The standard InChI is InChI=1S/C41H42N2O8/c1-25-11-17-33(18-12-25)50-36-27(3)34-35(44)40(36,51-38(34)43-23-26(2)37(45)42-39(43)46)24-49-41(28-9-7-6-8-10-28,29-13-19-31(47-4)20-14-29)30-15-21-32(48-5)22-16-30/h6-23,27,34-36,38,44H,24H2,1-5H3,(H,42,45,46)/t27-,34+,35-,36+,38+,40+/m0/s1. The molecule has 0 unspecified atom stereocenters. The molecular weight excluding hydrogens is 648 g/mol. The Morgan fingerprint density at radius 2 is 1.35 bits per heavy atom. The van der Waals surface area contributed by atoms with Gasteiger partial charge in [-0.15, -0.1) is 0 Å². The number of hydrogen-bond acceptors (Lipinski definition) is 8. The van der Waals surface area contributed by atoms with Gasteiger partial charge in [-0.3, -0.25) is 14.3 Å². The minimum absolute atomic E-state index is 0.133. The third-order valence-corrected chi connectivity index (χ3v) is 10.5. The van der Waals surface area contributed by atoms with E-state index in [0.717, 1.165) is 22.3 Å². The monoisotopic (exact) mass is 690 g/mol. The summed E-state index contributed by atoms with van der Waals surface area (Å²) in [6.07, 6.45) is -1.18. The number of nitrogens with zero attached hydrogens (tertiary/aromatic N) is 1. The van der Waals surface area contributed by atoms with E-state index in [4.69, 9.17) is 23.7 Å². The number of ether oxygens (including phenoxy) is 5. The number of rotatable bonds is 11. The van der Waals surface area contributed by atoms with Crippen LogP contribution in [0.2, 0.25) is 0 Å². The van der Waals surface area contributed by atoms with Gasteiger partial charge >= 0.3 is 5.69 Å². The first-order valence-corrected chi connectivity index (χ1v) is 17.0. The molecule has 2 heterocycles. The zero-order chi connectivity index (χ0) is 35.9. The predicted octanol–water partition coefficient (Wildman–Crippen LogP) is 5.52. The number of aliphatic hydroxyl groups excluding tert-OH is 1. The van der Waals surface area contributed by atoms with E-state index in [9.17, 15) is 14.7 Å². The second-order valence-electron chi connectivity index (χ2n) is 13.5. The van der Waals surface area contributed by atoms with Gasteiger partial charge in [-0.05, 0) is 66.9 Å². The molecule has 0 spiro atoms. The molecule has 2 N–H and O–H groups in total. The van der Waals surface area contributed by atoms with E-state index in [2.05, 4.69) is 4.98 Å². The second-order valence-corrected chi connectivity index (χ2v) is 13.5. The highest BCUT2D eigenvalue weighted by Crippen LogP contribution is 2.57. The molecule has 1 saturated carbocycles. The van der Waals surface area contributed by atoms with Gasteiger partial charge in [0, 0.05) is 23.6 Å². The number of aliphatic hydroxyl groups is 1. The SMILES string of the molecule is COc1ccc(C(OC[C@]23O[C@@H](n4cc(C)c(=O)[nH]c4=O)[C@H]([C@H](C)[C@H]2Oc2ccc(C)cc2)[C@@H]3O)(c2ccccc2)c2ccc(OC)cc2)cc1. The van der Waals surface area contributed by atoms with Crippen LogP contribution in [0.25, 0.3) is 0 Å². The summed E-state index contributed by atoms with van der Waals surface area (Å²) in [7, 11) is 3.24. The number of nitrogens with one attached hydrogen (secondary N) is 1. The maximum Gasteiger partial charge on any atom is 0.330 e. The molecule has 2 fully saturated rings. The molecule has 264 valence electrons. The highest BCUT2D eigenvalue weighted by molar-refractivity contribution is 5.50. The summed E-state index contributed by atoms with van der Waals surface area (Å²) in [6.45, 7) is 5.49. The van der Waals surface area contributed by atoms with Gasteiger partial charge in [0.15, 0.2) is 5.60 Å². The lowest BCUT2D eigenvalue weighted by Crippen LogP contribution is -2.56. The molecule has 1 saturated heterocycles. The lowest BCUT2D eigenvalue weighted by molar-refractivity contribution is -0.216. The molecule has 5 aromatic rings. The predicted molar refractivity (Wildman–Crippen MR) is 191 cm³/mol. The summed E-state index contributed by atoms with van der Waals surface area (Å²) in [6, 6.07) is 33.0. The molecule has 2 bridgehead atoms. The highest BCUT2D eigenvalue weighted by Gasteiger charge is 2.71. The number of benzene rings is 4. The van der Waals surface area contributed by atoms with Gasteiger partial charge in [0.1, 0.15) is 35.2 Å². The number of fused-ring (bicyclic) bond motifs is 2. The minimum Gasteiger partial charge on any atom is -0.497 e. The largest absolute Gasteiger partial charge is 0.497 e. The number of methoxy groups -OCH3 is 2. The number of hydrogen-bond donors (Lipinski definition) is 2. The van der Waals surface area contributed by atoms with Crippen molar-refractivity contribution >= 4 is 0 Å². The van der Waals surface area contributed by atoms with E-state index in [-0.39, 0.29) is 12.5 Å². The number of aromatic nitrogens is 2. The lowest BCUT2D eigenvalue weighted by atomic mass is 9.79. The van der Waals surface area contributed by atoms with Crippen LogP contribution in [0.3, 0.4) is 0 Å². The summed E-state index contributed by atoms with van der Waals surface area (Å²) < 4.78 is 33.3. The maximum atomic E-state index is 13.2. The molecule has 1 aliphatic heterocycles. The fourth-order valence-electron chi connectivity index (χ4n) is 7.77. The van der Waals surface area contributed by atoms with Gasteiger partial charge in [-0.25, -0.2) is 4.79 Å². The number of aryl methyl sites for hydroxylation is 2. The average molecular weight is 691 g/mol. The molecule has 4 aromatic carbocycles. The van der Waals surface area contributed by atoms with E-state index in [1.165, 1.54) is 10.8 Å². The Labute approximate surface area is 296 Å². The van der Waals surface area contributed by atoms with Crippen molar-refractivity contribution in [1.82, 2.24) is 9.55 Å². The van der Waals surface area contributed by atoms with E-state index in [1.54, 1.807) is 21.1 Å². The first-order chi connectivity index (χ1) is 24.6. The van der Waals surface area contributed by atoms with Crippen molar-refractivity contribution in [2.24, 2.45) is 11.8 Å². The molecule has 6 atom stereocenters. The molecule has 1 aromatic heterocycles. The van der Waals surface area contributed by atoms with Crippen molar-refractivity contribution in [3.63, 3.8) is 0 Å². The first-order valence-electron chi connectivity index (χ1n) is 17.0. The summed E-state index contributed by atoms with van der Waals surface area (Å²) in [5.41, 5.74) is 0.145. The van der Waals surface area contributed by atoms with Crippen molar-refractivity contribution in [2.75, 3.05) is 20.8 Å². The van der Waals surface area contributed by atoms with Gasteiger partial charge in [-0.2, -0.15) is 0 Å². The van der Waals surface area contributed by atoms with Crippen LogP contribution < -0.4 is 25.5 Å². The summed E-state index contributed by atoms with van der Waals surface area (Å²) in [5.74, 6) is 1.13. The van der Waals surface area contributed by atoms with Crippen molar-refractivity contribution in [1.29, 1.82) is 0 Å². The molecular formula is C41H42N2O8. The van der Waals surface area contributed by atoms with Gasteiger partial charge in [-0.1, -0.05) is 79.2 Å². The van der Waals surface area contributed by atoms with Crippen molar-refractivity contribution in [2.45, 2.75) is 50.4 Å². The van der Waals surface area contributed by atoms with E-state index < -0.39 is 46.8 Å². The van der Waals surface area contributed by atoms with Crippen LogP contribution in [0.4, 0.5) is 0 Å². The molecule has 0 radical (unpaired) electrons. The molecule has 10 heteroatoms. The van der Waals surface area contributed by atoms with E-state index >= 15 is 0 Å². The zero-order valence-electron chi connectivity index (χ0n) is 29.2. The van der Waals surface area contributed by atoms with Gasteiger partial charge in [0.2, 0.25) is 0 Å². The second kappa shape index (κ2) is 13.5. The Morgan fingerprint density at radius 1 is 0.804 bits per heavy atom. The van der Waals surface area contributed by atoms with Crippen LogP contribution in [0.1, 0.15) is 41.0 Å². The third kappa shape index (κ3) is 5.83. The van der Waals surface area contributed by atoms with Crippen LogP contribution in [-0.4, -0.2) is 53.3 Å². The Bertz CT molecular complexity index is 2050. The van der Waals surface area contributed by atoms with Crippen LogP contribution in [-0.2, 0) is 15.1 Å². The average Bonchev–Trinajstić information content (AvgIpc) is 3.55. The van der Waals surface area contributed by atoms with Gasteiger partial charge in [0.05, 0.1) is 26.9 Å². The van der Waals surface area contributed by atoms with Crippen LogP contribution in [0.15, 0.2) is 119 Å². The van der Waals surface area contributed by atoms with Crippen molar-refractivity contribution in [3.05, 3.63) is 158 Å². The minimum atomic E-state index is -1.44. The van der Waals surface area contributed by atoms with E-state index in [0.29, 0.717) is 22.8 Å². The van der Waals surface area contributed by atoms with E-state index in [1.807, 2.05) is 117 Å². The van der Waals surface area contributed by atoms with Crippen LogP contribution >= 0.6 is 0 Å². The van der Waals surface area contributed by atoms with Crippen molar-refractivity contribution in [3.8, 4) is 17.2 Å². The number of aromatic amines is 1. The molecule has 0 amide bonds. The first kappa shape index (κ1) is 34.3. The maximum absolute atomic E-state index is 13.2. The lowest BCUT2D eigenvalue weighted by Gasteiger charge is -2.44. The Balaban J connectivity index is 1.39. The van der Waals surface area contributed by atoms with Crippen LogP contribution in [0.5, 0.6) is 17.2 Å². The smallest absolute Gasteiger partial charge is 0.330 e. The topological polar surface area (TPSA) is 121 Å². The summed E-state index contributed by atoms with van der Waals surface area (Å²) in [4.78, 5) is 27.9. The molecule has 10 nitrogen and oxygen atoms in total. The summed E-state index contributed by atoms with van der Waals surface area (Å²) in [5, 5.41) is 12.3. The molecule has 7 rings (SSSR count). The van der Waals surface area contributed by atoms with Crippen molar-refractivity contribution < 1.29 is 28.8 Å². The Hall–Kier alpha value is -5.16. The molecule has 1 aliphatic carbocycles. The normalized spacial score (nSPS) is 24.0. The van der Waals surface area contributed by atoms with Crippen LogP contribution in [0, 0.1) is 25.7 Å². The molecule has 51 heavy (non-hydrogen) atoms. The third-order valence-electron chi connectivity index (χ3n) is 10.5. The Kier molecular flexibility index (Phi) is 9.09. The van der Waals surface area contributed by atoms with Gasteiger partial charge < -0.3 is 28.8 Å². The molecule has 2 aliphatic rings. The van der Waals surface area contributed by atoms with Gasteiger partial charge in [0.25, 0.3) is 5.56 Å². The highest BCUT2D eigenvalue weighted by atomic mass is 16.6. The quantitative estimate of drug-likeness (QED) is 0.174. The fourth-order valence-corrected chi connectivity index (χ4v) is 7.77. The summed E-state index contributed by atoms with van der Waals surface area (Å²) >= 11 is 0. The Morgan fingerprint density at radius 3 is 1.92 bits per heavy atom.